The molecule has 0 aliphatic heterocycles. The molecule has 1 fully saturated rings. The third-order valence-electron chi connectivity index (χ3n) is 4.92. The summed E-state index contributed by atoms with van der Waals surface area (Å²) in [6.07, 6.45) is 2.54. The van der Waals surface area contributed by atoms with E-state index in [4.69, 9.17) is 9.47 Å². The van der Waals surface area contributed by atoms with E-state index < -0.39 is 28.1 Å². The van der Waals surface area contributed by atoms with Gasteiger partial charge in [-0.3, -0.25) is 0 Å². The Morgan fingerprint density at radius 2 is 1.64 bits per heavy atom. The SMILES string of the molecule is COc1ccc(C(=O)O[C@H]2CCCC[C@@H]2NS(=O)(=O)c2ccc(C)cc2)cc1. The molecule has 2 atom stereocenters. The van der Waals surface area contributed by atoms with Crippen molar-refractivity contribution in [3.05, 3.63) is 59.7 Å². The second-order valence-corrected chi connectivity index (χ2v) is 8.71. The standard InChI is InChI=1S/C21H25NO5S/c1-15-7-13-18(14-8-15)28(24,25)22-19-5-3-4-6-20(19)27-21(23)16-9-11-17(26-2)12-10-16/h7-14,19-20,22H,3-6H2,1-2H3/t19-,20-/m0/s1. The van der Waals surface area contributed by atoms with Crippen LogP contribution in [-0.2, 0) is 14.8 Å². The lowest BCUT2D eigenvalue weighted by Crippen LogP contribution is -2.46. The lowest BCUT2D eigenvalue weighted by atomic mass is 9.93. The number of hydrogen-bond donors (Lipinski definition) is 1. The molecule has 0 radical (unpaired) electrons. The van der Waals surface area contributed by atoms with Crippen LogP contribution in [0.1, 0.15) is 41.6 Å². The molecule has 7 heteroatoms. The van der Waals surface area contributed by atoms with E-state index in [0.717, 1.165) is 18.4 Å². The summed E-state index contributed by atoms with van der Waals surface area (Å²) in [5, 5.41) is 0. The Hall–Kier alpha value is -2.38. The molecule has 2 aromatic rings. The van der Waals surface area contributed by atoms with Gasteiger partial charge in [-0.25, -0.2) is 17.9 Å². The van der Waals surface area contributed by atoms with Crippen LogP contribution in [-0.4, -0.2) is 33.6 Å². The molecule has 0 unspecified atom stereocenters. The maximum absolute atomic E-state index is 12.7. The molecule has 28 heavy (non-hydrogen) atoms. The lowest BCUT2D eigenvalue weighted by molar-refractivity contribution is 0.0130. The van der Waals surface area contributed by atoms with Crippen LogP contribution in [0.25, 0.3) is 0 Å². The number of esters is 1. The smallest absolute Gasteiger partial charge is 0.338 e. The van der Waals surface area contributed by atoms with Crippen molar-refractivity contribution in [3.8, 4) is 5.75 Å². The Balaban J connectivity index is 1.71. The lowest BCUT2D eigenvalue weighted by Gasteiger charge is -2.31. The van der Waals surface area contributed by atoms with E-state index >= 15 is 0 Å². The quantitative estimate of drug-likeness (QED) is 0.747. The Labute approximate surface area is 165 Å². The molecule has 0 aromatic heterocycles. The highest BCUT2D eigenvalue weighted by molar-refractivity contribution is 7.89. The van der Waals surface area contributed by atoms with Crippen molar-refractivity contribution in [1.29, 1.82) is 0 Å². The number of sulfonamides is 1. The third kappa shape index (κ3) is 4.91. The van der Waals surface area contributed by atoms with Crippen LogP contribution in [0.4, 0.5) is 0 Å². The molecule has 0 saturated heterocycles. The summed E-state index contributed by atoms with van der Waals surface area (Å²) < 4.78 is 38.9. The topological polar surface area (TPSA) is 81.7 Å². The van der Waals surface area contributed by atoms with Crippen molar-refractivity contribution in [3.63, 3.8) is 0 Å². The molecule has 0 spiro atoms. The number of ether oxygens (including phenoxy) is 2. The first kappa shape index (κ1) is 20.4. The predicted molar refractivity (Wildman–Crippen MR) is 106 cm³/mol. The molecule has 0 amide bonds. The van der Waals surface area contributed by atoms with E-state index in [1.54, 1.807) is 55.6 Å². The fraction of sp³-hybridized carbons (Fsp3) is 0.381. The van der Waals surface area contributed by atoms with Crippen LogP contribution in [0.3, 0.4) is 0 Å². The van der Waals surface area contributed by atoms with E-state index in [-0.39, 0.29) is 4.90 Å². The van der Waals surface area contributed by atoms with Gasteiger partial charge in [0.2, 0.25) is 10.0 Å². The summed E-state index contributed by atoms with van der Waals surface area (Å²) >= 11 is 0. The molecule has 1 N–H and O–H groups in total. The summed E-state index contributed by atoms with van der Waals surface area (Å²) in [4.78, 5) is 12.7. The Morgan fingerprint density at radius 3 is 2.29 bits per heavy atom. The zero-order chi connectivity index (χ0) is 20.1. The molecule has 1 aliphatic rings. The number of nitrogens with one attached hydrogen (secondary N) is 1. The van der Waals surface area contributed by atoms with Crippen molar-refractivity contribution in [2.75, 3.05) is 7.11 Å². The van der Waals surface area contributed by atoms with Gasteiger partial charge < -0.3 is 9.47 Å². The van der Waals surface area contributed by atoms with E-state index in [9.17, 15) is 13.2 Å². The van der Waals surface area contributed by atoms with Crippen molar-refractivity contribution < 1.29 is 22.7 Å². The number of rotatable bonds is 6. The van der Waals surface area contributed by atoms with Gasteiger partial charge in [0.15, 0.2) is 0 Å². The second kappa shape index (κ2) is 8.75. The van der Waals surface area contributed by atoms with Gasteiger partial charge in [0.1, 0.15) is 11.9 Å². The number of benzene rings is 2. The van der Waals surface area contributed by atoms with Gasteiger partial charge in [0.05, 0.1) is 23.6 Å². The number of carbonyl (C=O) groups is 1. The number of hydrogen-bond acceptors (Lipinski definition) is 5. The first-order valence-electron chi connectivity index (χ1n) is 9.33. The minimum absolute atomic E-state index is 0.212. The number of carbonyl (C=O) groups excluding carboxylic acids is 1. The summed E-state index contributed by atoms with van der Waals surface area (Å²) in [6.45, 7) is 1.90. The van der Waals surface area contributed by atoms with E-state index in [2.05, 4.69) is 4.72 Å². The van der Waals surface area contributed by atoms with Gasteiger partial charge in [-0.2, -0.15) is 0 Å². The Bertz CT molecular complexity index is 907. The van der Waals surface area contributed by atoms with Crippen molar-refractivity contribution in [2.24, 2.45) is 0 Å². The molecule has 1 aliphatic carbocycles. The summed E-state index contributed by atoms with van der Waals surface area (Å²) in [6, 6.07) is 12.9. The minimum Gasteiger partial charge on any atom is -0.497 e. The van der Waals surface area contributed by atoms with E-state index in [1.807, 2.05) is 6.92 Å². The van der Waals surface area contributed by atoms with Gasteiger partial charge in [-0.1, -0.05) is 24.1 Å². The maximum Gasteiger partial charge on any atom is 0.338 e. The highest BCUT2D eigenvalue weighted by Crippen LogP contribution is 2.25. The highest BCUT2D eigenvalue weighted by Gasteiger charge is 2.32. The zero-order valence-corrected chi connectivity index (χ0v) is 16.9. The zero-order valence-electron chi connectivity index (χ0n) is 16.1. The van der Waals surface area contributed by atoms with Crippen molar-refractivity contribution in [1.82, 2.24) is 4.72 Å². The Morgan fingerprint density at radius 1 is 1.00 bits per heavy atom. The first-order valence-corrected chi connectivity index (χ1v) is 10.8. The van der Waals surface area contributed by atoms with Gasteiger partial charge in [-0.05, 0) is 62.6 Å². The van der Waals surface area contributed by atoms with Crippen LogP contribution in [0.15, 0.2) is 53.4 Å². The molecule has 2 aromatic carbocycles. The van der Waals surface area contributed by atoms with Gasteiger partial charge in [0.25, 0.3) is 0 Å². The van der Waals surface area contributed by atoms with Gasteiger partial charge >= 0.3 is 5.97 Å². The molecule has 1 saturated carbocycles. The second-order valence-electron chi connectivity index (χ2n) is 7.00. The molecule has 3 rings (SSSR count). The first-order chi connectivity index (χ1) is 13.4. The molecular formula is C21H25NO5S. The highest BCUT2D eigenvalue weighted by atomic mass is 32.2. The Kier molecular flexibility index (Phi) is 6.36. The van der Waals surface area contributed by atoms with Crippen LogP contribution in [0.2, 0.25) is 0 Å². The molecule has 6 nitrogen and oxygen atoms in total. The van der Waals surface area contributed by atoms with Crippen molar-refractivity contribution >= 4 is 16.0 Å². The number of methoxy groups -OCH3 is 1. The molecular weight excluding hydrogens is 378 g/mol. The third-order valence-corrected chi connectivity index (χ3v) is 6.43. The summed E-state index contributed by atoms with van der Waals surface area (Å²) in [5.41, 5.74) is 1.40. The van der Waals surface area contributed by atoms with E-state index in [0.29, 0.717) is 24.2 Å². The fourth-order valence-corrected chi connectivity index (χ4v) is 4.59. The van der Waals surface area contributed by atoms with Crippen LogP contribution in [0, 0.1) is 6.92 Å². The average Bonchev–Trinajstić information content (AvgIpc) is 2.69. The summed E-state index contributed by atoms with van der Waals surface area (Å²) in [5.74, 6) is 0.187. The molecule has 150 valence electrons. The van der Waals surface area contributed by atoms with Crippen LogP contribution < -0.4 is 9.46 Å². The monoisotopic (exact) mass is 403 g/mol. The maximum atomic E-state index is 12.7. The van der Waals surface area contributed by atoms with Gasteiger partial charge in [-0.15, -0.1) is 0 Å². The van der Waals surface area contributed by atoms with E-state index in [1.165, 1.54) is 0 Å². The average molecular weight is 404 g/mol. The summed E-state index contributed by atoms with van der Waals surface area (Å²) in [7, 11) is -2.12. The normalized spacial score (nSPS) is 19.8. The van der Waals surface area contributed by atoms with Crippen LogP contribution in [0.5, 0.6) is 5.75 Å². The molecule has 0 bridgehead atoms. The largest absolute Gasteiger partial charge is 0.497 e. The van der Waals surface area contributed by atoms with Crippen molar-refractivity contribution in [2.45, 2.75) is 49.6 Å². The molecule has 0 heterocycles. The number of aryl methyl sites for hydroxylation is 1. The predicted octanol–water partition coefficient (Wildman–Crippen LogP) is 3.45. The van der Waals surface area contributed by atoms with Gasteiger partial charge in [0, 0.05) is 0 Å². The minimum atomic E-state index is -3.68. The van der Waals surface area contributed by atoms with Crippen LogP contribution >= 0.6 is 0 Å². The fourth-order valence-electron chi connectivity index (χ4n) is 3.29.